The smallest absolute Gasteiger partial charge is 0.251 e. The fourth-order valence-electron chi connectivity index (χ4n) is 2.93. The molecular weight excluding hydrogens is 322 g/mol. The molecule has 3 rings (SSSR count). The van der Waals surface area contributed by atoms with Crippen molar-refractivity contribution in [3.8, 4) is 6.07 Å². The minimum atomic E-state index is -0.0181. The first-order valence-electron chi connectivity index (χ1n) is 7.98. The molecule has 1 fully saturated rings. The number of rotatable bonds is 3. The summed E-state index contributed by atoms with van der Waals surface area (Å²) in [6, 6.07) is 17.0. The number of nitrogens with one attached hydrogen (secondary N) is 1. The summed E-state index contributed by atoms with van der Waals surface area (Å²) >= 11 is 6.11. The van der Waals surface area contributed by atoms with Crippen LogP contribution in [0.3, 0.4) is 0 Å². The highest BCUT2D eigenvalue weighted by Crippen LogP contribution is 2.25. The lowest BCUT2D eigenvalue weighted by Gasteiger charge is -2.34. The molecule has 1 aliphatic rings. The Morgan fingerprint density at radius 1 is 1.17 bits per heavy atom. The van der Waals surface area contributed by atoms with Crippen molar-refractivity contribution in [2.45, 2.75) is 18.9 Å². The van der Waals surface area contributed by atoms with Crippen molar-refractivity contribution in [2.75, 3.05) is 18.0 Å². The third-order valence-electron chi connectivity index (χ3n) is 4.30. The quantitative estimate of drug-likeness (QED) is 0.929. The molecule has 0 unspecified atom stereocenters. The van der Waals surface area contributed by atoms with Crippen LogP contribution in [0.25, 0.3) is 0 Å². The van der Waals surface area contributed by atoms with Crippen LogP contribution in [0.1, 0.15) is 28.8 Å². The van der Waals surface area contributed by atoms with Crippen LogP contribution in [0.4, 0.5) is 5.69 Å². The number of carbonyl (C=O) groups excluding carboxylic acids is 1. The second-order valence-electron chi connectivity index (χ2n) is 5.88. The maximum atomic E-state index is 12.2. The molecule has 4 nitrogen and oxygen atoms in total. The van der Waals surface area contributed by atoms with Gasteiger partial charge in [0.25, 0.3) is 5.91 Å². The molecule has 2 aromatic carbocycles. The van der Waals surface area contributed by atoms with Crippen molar-refractivity contribution in [2.24, 2.45) is 0 Å². The number of halogens is 1. The van der Waals surface area contributed by atoms with Gasteiger partial charge >= 0.3 is 0 Å². The number of amides is 1. The molecule has 1 N–H and O–H groups in total. The maximum absolute atomic E-state index is 12.2. The molecule has 2 aromatic rings. The number of benzene rings is 2. The van der Waals surface area contributed by atoms with Crippen LogP contribution >= 0.6 is 11.6 Å². The second-order valence-corrected chi connectivity index (χ2v) is 6.28. The Morgan fingerprint density at radius 3 is 2.50 bits per heavy atom. The monoisotopic (exact) mass is 339 g/mol. The summed E-state index contributed by atoms with van der Waals surface area (Å²) in [7, 11) is 0. The molecule has 1 heterocycles. The highest BCUT2D eigenvalue weighted by Gasteiger charge is 2.21. The van der Waals surface area contributed by atoms with Crippen LogP contribution in [-0.4, -0.2) is 25.0 Å². The van der Waals surface area contributed by atoms with E-state index in [1.807, 2.05) is 42.5 Å². The highest BCUT2D eigenvalue weighted by molar-refractivity contribution is 6.32. The highest BCUT2D eigenvalue weighted by atomic mass is 35.5. The van der Waals surface area contributed by atoms with Gasteiger partial charge < -0.3 is 10.2 Å². The number of hydrogen-bond donors (Lipinski definition) is 1. The third kappa shape index (κ3) is 3.69. The van der Waals surface area contributed by atoms with E-state index in [2.05, 4.69) is 16.3 Å². The zero-order chi connectivity index (χ0) is 16.9. The van der Waals surface area contributed by atoms with Crippen molar-refractivity contribution >= 4 is 23.2 Å². The van der Waals surface area contributed by atoms with Crippen LogP contribution in [-0.2, 0) is 0 Å². The average molecular weight is 340 g/mol. The Balaban J connectivity index is 1.57. The zero-order valence-electron chi connectivity index (χ0n) is 13.2. The minimum Gasteiger partial charge on any atom is -0.371 e. The number of nitriles is 1. The van der Waals surface area contributed by atoms with Gasteiger partial charge in [-0.05, 0) is 43.2 Å². The van der Waals surface area contributed by atoms with Crippen LogP contribution in [0.5, 0.6) is 0 Å². The van der Waals surface area contributed by atoms with Crippen LogP contribution in [0, 0.1) is 11.3 Å². The van der Waals surface area contributed by atoms with Gasteiger partial charge in [-0.3, -0.25) is 4.79 Å². The first-order valence-corrected chi connectivity index (χ1v) is 8.35. The number of piperidine rings is 1. The molecule has 122 valence electrons. The van der Waals surface area contributed by atoms with E-state index in [0.717, 1.165) is 31.6 Å². The summed E-state index contributed by atoms with van der Waals surface area (Å²) in [6.45, 7) is 1.70. The van der Waals surface area contributed by atoms with Crippen LogP contribution in [0.2, 0.25) is 5.02 Å². The topological polar surface area (TPSA) is 56.1 Å². The lowest BCUT2D eigenvalue weighted by atomic mass is 10.0. The number of hydrogen-bond acceptors (Lipinski definition) is 3. The van der Waals surface area contributed by atoms with Crippen molar-refractivity contribution in [1.82, 2.24) is 5.32 Å². The van der Waals surface area contributed by atoms with Gasteiger partial charge in [-0.1, -0.05) is 29.8 Å². The first kappa shape index (κ1) is 16.4. The Morgan fingerprint density at radius 2 is 1.88 bits per heavy atom. The maximum Gasteiger partial charge on any atom is 0.251 e. The van der Waals surface area contributed by atoms with Crippen LogP contribution in [0.15, 0.2) is 48.5 Å². The van der Waals surface area contributed by atoms with Crippen molar-refractivity contribution < 1.29 is 4.79 Å². The number of nitrogens with zero attached hydrogens (tertiary/aromatic N) is 2. The van der Waals surface area contributed by atoms with Gasteiger partial charge in [0.1, 0.15) is 6.07 Å². The molecule has 0 radical (unpaired) electrons. The Hall–Kier alpha value is -2.51. The summed E-state index contributed by atoms with van der Waals surface area (Å²) in [5, 5.41) is 12.5. The largest absolute Gasteiger partial charge is 0.371 e. The van der Waals surface area contributed by atoms with E-state index in [-0.39, 0.29) is 11.9 Å². The molecule has 0 bridgehead atoms. The normalized spacial score (nSPS) is 14.9. The van der Waals surface area contributed by atoms with E-state index in [9.17, 15) is 4.79 Å². The van der Waals surface area contributed by atoms with Gasteiger partial charge in [0.15, 0.2) is 0 Å². The van der Waals surface area contributed by atoms with E-state index in [1.54, 1.807) is 6.07 Å². The molecule has 1 amide bonds. The van der Waals surface area contributed by atoms with Gasteiger partial charge in [-0.25, -0.2) is 0 Å². The second kappa shape index (κ2) is 7.37. The van der Waals surface area contributed by atoms with Gasteiger partial charge in [0, 0.05) is 30.4 Å². The lowest BCUT2D eigenvalue weighted by Crippen LogP contribution is -2.44. The van der Waals surface area contributed by atoms with Crippen molar-refractivity contribution in [1.29, 1.82) is 5.26 Å². The molecular formula is C19H18ClN3O. The fourth-order valence-corrected chi connectivity index (χ4v) is 3.15. The Bertz CT molecular complexity index is 762. The summed E-state index contributed by atoms with van der Waals surface area (Å²) in [4.78, 5) is 14.4. The molecule has 1 saturated heterocycles. The van der Waals surface area contributed by atoms with E-state index in [0.29, 0.717) is 16.1 Å². The summed E-state index contributed by atoms with van der Waals surface area (Å²) in [5.41, 5.74) is 2.20. The number of anilines is 1. The summed E-state index contributed by atoms with van der Waals surface area (Å²) in [6.07, 6.45) is 1.77. The lowest BCUT2D eigenvalue weighted by molar-refractivity contribution is 0.0931. The van der Waals surface area contributed by atoms with Crippen molar-refractivity contribution in [3.63, 3.8) is 0 Å². The molecule has 0 spiro atoms. The van der Waals surface area contributed by atoms with E-state index < -0.39 is 0 Å². The summed E-state index contributed by atoms with van der Waals surface area (Å²) < 4.78 is 0. The van der Waals surface area contributed by atoms with Crippen molar-refractivity contribution in [3.05, 3.63) is 64.7 Å². The zero-order valence-corrected chi connectivity index (χ0v) is 14.0. The van der Waals surface area contributed by atoms with E-state index in [1.165, 1.54) is 0 Å². The van der Waals surface area contributed by atoms with Gasteiger partial charge in [-0.15, -0.1) is 0 Å². The molecule has 5 heteroatoms. The SMILES string of the molecule is N#Cc1ccc(N2CCC(NC(=O)c3ccccc3)CC2)cc1Cl. The van der Waals surface area contributed by atoms with E-state index >= 15 is 0 Å². The fraction of sp³-hybridized carbons (Fsp3) is 0.263. The first-order chi connectivity index (χ1) is 11.7. The van der Waals surface area contributed by atoms with Gasteiger partial charge in [0.05, 0.1) is 10.6 Å². The molecule has 0 atom stereocenters. The average Bonchev–Trinajstić information content (AvgIpc) is 2.63. The minimum absolute atomic E-state index is 0.0181. The molecule has 24 heavy (non-hydrogen) atoms. The Kier molecular flexibility index (Phi) is 5.02. The molecule has 0 aliphatic carbocycles. The standard InChI is InChI=1S/C19H18ClN3O/c20-18-12-17(7-6-15(18)13-21)23-10-8-16(9-11-23)22-19(24)14-4-2-1-3-5-14/h1-7,12,16H,8-11H2,(H,22,24). The van der Waals surface area contributed by atoms with E-state index in [4.69, 9.17) is 16.9 Å². The number of carbonyl (C=O) groups is 1. The third-order valence-corrected chi connectivity index (χ3v) is 4.62. The van der Waals surface area contributed by atoms with Crippen LogP contribution < -0.4 is 10.2 Å². The molecule has 0 aromatic heterocycles. The molecule has 1 aliphatic heterocycles. The predicted octanol–water partition coefficient (Wildman–Crippen LogP) is 3.61. The van der Waals surface area contributed by atoms with Gasteiger partial charge in [0.2, 0.25) is 0 Å². The predicted molar refractivity (Wildman–Crippen MR) is 95.3 cm³/mol. The van der Waals surface area contributed by atoms with Gasteiger partial charge in [-0.2, -0.15) is 5.26 Å². The molecule has 0 saturated carbocycles. The Labute approximate surface area is 146 Å². The summed E-state index contributed by atoms with van der Waals surface area (Å²) in [5.74, 6) is -0.0181.